The quantitative estimate of drug-likeness (QED) is 0.834. The van der Waals surface area contributed by atoms with E-state index in [0.717, 1.165) is 37.8 Å². The fourth-order valence-corrected chi connectivity index (χ4v) is 3.49. The standard InChI is InChI=1S/C20H32N2O2/c1-4-22(19(23)14-20(24)12-6-5-7-13-20)16-18-10-8-17(9-11-18)15-21(2)3/h8-11,24H,4-7,12-16H2,1-3H3. The van der Waals surface area contributed by atoms with Crippen LogP contribution in [0.15, 0.2) is 24.3 Å². The molecule has 0 atom stereocenters. The van der Waals surface area contributed by atoms with Crippen molar-refractivity contribution in [2.24, 2.45) is 0 Å². The highest BCUT2D eigenvalue weighted by molar-refractivity contribution is 5.77. The zero-order valence-corrected chi connectivity index (χ0v) is 15.4. The van der Waals surface area contributed by atoms with Crippen molar-refractivity contribution in [2.45, 2.75) is 64.1 Å². The summed E-state index contributed by atoms with van der Waals surface area (Å²) in [5, 5.41) is 10.6. The fraction of sp³-hybridized carbons (Fsp3) is 0.650. The molecule has 0 heterocycles. The van der Waals surface area contributed by atoms with Crippen molar-refractivity contribution in [3.8, 4) is 0 Å². The predicted molar refractivity (Wildman–Crippen MR) is 97.6 cm³/mol. The smallest absolute Gasteiger partial charge is 0.225 e. The van der Waals surface area contributed by atoms with Gasteiger partial charge in [0.25, 0.3) is 0 Å². The van der Waals surface area contributed by atoms with Gasteiger partial charge in [0.15, 0.2) is 0 Å². The van der Waals surface area contributed by atoms with Crippen molar-refractivity contribution in [3.63, 3.8) is 0 Å². The highest BCUT2D eigenvalue weighted by atomic mass is 16.3. The number of carbonyl (C=O) groups excluding carboxylic acids is 1. The van der Waals surface area contributed by atoms with Crippen LogP contribution in [0, 0.1) is 0 Å². The Kier molecular flexibility index (Phi) is 6.81. The van der Waals surface area contributed by atoms with E-state index in [1.807, 2.05) is 11.8 Å². The molecule has 1 aliphatic carbocycles. The number of aliphatic hydroxyl groups is 1. The van der Waals surface area contributed by atoms with E-state index >= 15 is 0 Å². The van der Waals surface area contributed by atoms with Gasteiger partial charge in [-0.1, -0.05) is 43.5 Å². The first-order valence-corrected chi connectivity index (χ1v) is 9.14. The minimum Gasteiger partial charge on any atom is -0.389 e. The van der Waals surface area contributed by atoms with Crippen LogP contribution in [-0.2, 0) is 17.9 Å². The molecule has 1 fully saturated rings. The lowest BCUT2D eigenvalue weighted by Gasteiger charge is -2.33. The molecule has 1 amide bonds. The second-order valence-corrected chi connectivity index (χ2v) is 7.42. The van der Waals surface area contributed by atoms with Crippen LogP contribution >= 0.6 is 0 Å². The van der Waals surface area contributed by atoms with Gasteiger partial charge in [0.1, 0.15) is 0 Å². The summed E-state index contributed by atoms with van der Waals surface area (Å²) < 4.78 is 0. The lowest BCUT2D eigenvalue weighted by molar-refractivity contribution is -0.138. The summed E-state index contributed by atoms with van der Waals surface area (Å²) >= 11 is 0. The molecule has 0 saturated heterocycles. The molecule has 134 valence electrons. The number of amides is 1. The van der Waals surface area contributed by atoms with E-state index in [0.29, 0.717) is 13.1 Å². The summed E-state index contributed by atoms with van der Waals surface area (Å²) in [4.78, 5) is 16.6. The van der Waals surface area contributed by atoms with Crippen molar-refractivity contribution < 1.29 is 9.90 Å². The molecule has 0 unspecified atom stereocenters. The number of carbonyl (C=O) groups is 1. The van der Waals surface area contributed by atoms with Crippen LogP contribution in [-0.4, -0.2) is 47.1 Å². The third kappa shape index (κ3) is 5.60. The molecule has 1 aliphatic rings. The first kappa shape index (κ1) is 18.9. The van der Waals surface area contributed by atoms with Gasteiger partial charge in [-0.05, 0) is 45.0 Å². The Bertz CT molecular complexity index is 519. The highest BCUT2D eigenvalue weighted by Crippen LogP contribution is 2.31. The Labute approximate surface area is 146 Å². The number of hydrogen-bond donors (Lipinski definition) is 1. The molecule has 1 N–H and O–H groups in total. The first-order chi connectivity index (χ1) is 11.4. The maximum absolute atomic E-state index is 12.6. The van der Waals surface area contributed by atoms with E-state index in [4.69, 9.17) is 0 Å². The van der Waals surface area contributed by atoms with Crippen molar-refractivity contribution in [1.82, 2.24) is 9.80 Å². The summed E-state index contributed by atoms with van der Waals surface area (Å²) in [7, 11) is 4.11. The summed E-state index contributed by atoms with van der Waals surface area (Å²) in [6.45, 7) is 4.22. The van der Waals surface area contributed by atoms with E-state index in [2.05, 4.69) is 43.3 Å². The molecule has 4 heteroatoms. The molecular weight excluding hydrogens is 300 g/mol. The van der Waals surface area contributed by atoms with Crippen molar-refractivity contribution >= 4 is 5.91 Å². The van der Waals surface area contributed by atoms with Gasteiger partial charge in [0, 0.05) is 19.6 Å². The molecular formula is C20H32N2O2. The fourth-order valence-electron chi connectivity index (χ4n) is 3.49. The van der Waals surface area contributed by atoms with Gasteiger partial charge in [0.2, 0.25) is 5.91 Å². The first-order valence-electron chi connectivity index (χ1n) is 9.14. The van der Waals surface area contributed by atoms with Gasteiger partial charge in [-0.3, -0.25) is 4.79 Å². The average Bonchev–Trinajstić information content (AvgIpc) is 2.53. The summed E-state index contributed by atoms with van der Waals surface area (Å²) in [5.41, 5.74) is 1.64. The largest absolute Gasteiger partial charge is 0.389 e. The Balaban J connectivity index is 1.94. The number of benzene rings is 1. The summed E-state index contributed by atoms with van der Waals surface area (Å²) in [5.74, 6) is 0.0688. The minimum atomic E-state index is -0.779. The predicted octanol–water partition coefficient (Wildman–Crippen LogP) is 3.18. The third-order valence-electron chi connectivity index (χ3n) is 4.89. The molecule has 0 radical (unpaired) electrons. The zero-order valence-electron chi connectivity index (χ0n) is 15.4. The van der Waals surface area contributed by atoms with Crippen LogP contribution in [0.5, 0.6) is 0 Å². The molecule has 4 nitrogen and oxygen atoms in total. The van der Waals surface area contributed by atoms with Gasteiger partial charge in [0.05, 0.1) is 12.0 Å². The average molecular weight is 332 g/mol. The van der Waals surface area contributed by atoms with Gasteiger partial charge >= 0.3 is 0 Å². The van der Waals surface area contributed by atoms with Gasteiger partial charge < -0.3 is 14.9 Å². The monoisotopic (exact) mass is 332 g/mol. The van der Waals surface area contributed by atoms with Crippen LogP contribution in [0.4, 0.5) is 0 Å². The highest BCUT2D eigenvalue weighted by Gasteiger charge is 2.33. The molecule has 1 saturated carbocycles. The summed E-state index contributed by atoms with van der Waals surface area (Å²) in [6.07, 6.45) is 5.02. The lowest BCUT2D eigenvalue weighted by atomic mass is 9.82. The zero-order chi connectivity index (χ0) is 17.6. The molecule has 2 rings (SSSR count). The number of rotatable bonds is 7. The van der Waals surface area contributed by atoms with Crippen LogP contribution < -0.4 is 0 Å². The van der Waals surface area contributed by atoms with Crippen molar-refractivity contribution in [1.29, 1.82) is 0 Å². The summed E-state index contributed by atoms with van der Waals surface area (Å²) in [6, 6.07) is 8.46. The molecule has 1 aromatic rings. The SMILES string of the molecule is CCN(Cc1ccc(CN(C)C)cc1)C(=O)CC1(O)CCCCC1. The van der Waals surface area contributed by atoms with Gasteiger partial charge in [-0.15, -0.1) is 0 Å². The molecule has 0 aromatic heterocycles. The van der Waals surface area contributed by atoms with Crippen LogP contribution in [0.2, 0.25) is 0 Å². The van der Waals surface area contributed by atoms with Crippen LogP contribution in [0.1, 0.15) is 56.6 Å². The number of hydrogen-bond acceptors (Lipinski definition) is 3. The molecule has 24 heavy (non-hydrogen) atoms. The van der Waals surface area contributed by atoms with Gasteiger partial charge in [-0.25, -0.2) is 0 Å². The minimum absolute atomic E-state index is 0.0688. The Morgan fingerprint density at radius 3 is 2.08 bits per heavy atom. The lowest BCUT2D eigenvalue weighted by Crippen LogP contribution is -2.40. The van der Waals surface area contributed by atoms with E-state index in [1.165, 1.54) is 12.0 Å². The van der Waals surface area contributed by atoms with Crippen LogP contribution in [0.3, 0.4) is 0 Å². The molecule has 0 spiro atoms. The van der Waals surface area contributed by atoms with Gasteiger partial charge in [-0.2, -0.15) is 0 Å². The van der Waals surface area contributed by atoms with E-state index in [1.54, 1.807) is 0 Å². The van der Waals surface area contributed by atoms with E-state index in [-0.39, 0.29) is 12.3 Å². The molecule has 0 aliphatic heterocycles. The second kappa shape index (κ2) is 8.63. The van der Waals surface area contributed by atoms with E-state index < -0.39 is 5.60 Å². The molecule has 1 aromatic carbocycles. The Hall–Kier alpha value is -1.39. The third-order valence-corrected chi connectivity index (χ3v) is 4.89. The second-order valence-electron chi connectivity index (χ2n) is 7.42. The topological polar surface area (TPSA) is 43.8 Å². The van der Waals surface area contributed by atoms with Crippen molar-refractivity contribution in [2.75, 3.05) is 20.6 Å². The Morgan fingerprint density at radius 2 is 1.58 bits per heavy atom. The molecule has 0 bridgehead atoms. The maximum Gasteiger partial charge on any atom is 0.225 e. The van der Waals surface area contributed by atoms with E-state index in [9.17, 15) is 9.90 Å². The maximum atomic E-state index is 12.6. The normalized spacial score (nSPS) is 17.0. The van der Waals surface area contributed by atoms with Crippen LogP contribution in [0.25, 0.3) is 0 Å². The van der Waals surface area contributed by atoms with Crippen molar-refractivity contribution in [3.05, 3.63) is 35.4 Å². The number of nitrogens with zero attached hydrogens (tertiary/aromatic N) is 2. The Morgan fingerprint density at radius 1 is 1.04 bits per heavy atom.